The van der Waals surface area contributed by atoms with Gasteiger partial charge in [-0.3, -0.25) is 14.2 Å². The minimum Gasteiger partial charge on any atom is -0.324 e. The van der Waals surface area contributed by atoms with Crippen molar-refractivity contribution in [3.63, 3.8) is 0 Å². The normalized spacial score (nSPS) is 16.2. The molecule has 0 spiro atoms. The number of aromatic nitrogens is 2. The van der Waals surface area contributed by atoms with Gasteiger partial charge in [0.2, 0.25) is 5.91 Å². The van der Waals surface area contributed by atoms with E-state index < -0.39 is 0 Å². The van der Waals surface area contributed by atoms with Crippen LogP contribution in [0.15, 0.2) is 29.3 Å². The van der Waals surface area contributed by atoms with Crippen molar-refractivity contribution in [2.45, 2.75) is 59.4 Å². The van der Waals surface area contributed by atoms with Crippen LogP contribution >= 0.6 is 11.3 Å². The molecule has 1 aromatic carbocycles. The summed E-state index contributed by atoms with van der Waals surface area (Å²) < 4.78 is 1.44. The third kappa shape index (κ3) is 3.73. The van der Waals surface area contributed by atoms with Gasteiger partial charge in [-0.25, -0.2) is 4.98 Å². The molecule has 0 bridgehead atoms. The molecular weight excluding hydrogens is 382 g/mol. The average molecular weight is 410 g/mol. The van der Waals surface area contributed by atoms with Gasteiger partial charge in [-0.1, -0.05) is 39.0 Å². The number of fused-ring (bicyclic) bond motifs is 3. The summed E-state index contributed by atoms with van der Waals surface area (Å²) in [7, 11) is 0. The standard InChI is InChI=1S/C23H27N3O2S/c1-13(2)16-7-5-6-15(4)21(16)25-19(27)11-26-12-24-22-20(23(26)28)17-9-8-14(3)10-18(17)29-22/h5-7,12-14H,8-11H2,1-4H3,(H,25,27)/t14-/m0/s1. The van der Waals surface area contributed by atoms with Crippen molar-refractivity contribution in [2.24, 2.45) is 5.92 Å². The van der Waals surface area contributed by atoms with E-state index in [2.05, 4.69) is 31.1 Å². The van der Waals surface area contributed by atoms with Crippen LogP contribution in [0.5, 0.6) is 0 Å². The lowest BCUT2D eigenvalue weighted by atomic mass is 9.89. The minimum atomic E-state index is -0.206. The van der Waals surface area contributed by atoms with Crippen LogP contribution in [-0.2, 0) is 24.2 Å². The van der Waals surface area contributed by atoms with Gasteiger partial charge in [-0.05, 0) is 54.7 Å². The predicted molar refractivity (Wildman–Crippen MR) is 119 cm³/mol. The van der Waals surface area contributed by atoms with E-state index in [1.807, 2.05) is 25.1 Å². The molecule has 3 aromatic rings. The number of para-hydroxylation sites is 1. The molecule has 2 aromatic heterocycles. The summed E-state index contributed by atoms with van der Waals surface area (Å²) in [4.78, 5) is 32.5. The number of carbonyl (C=O) groups is 1. The zero-order valence-electron chi connectivity index (χ0n) is 17.4. The van der Waals surface area contributed by atoms with E-state index in [9.17, 15) is 9.59 Å². The first-order valence-corrected chi connectivity index (χ1v) is 11.1. The fourth-order valence-electron chi connectivity index (χ4n) is 4.15. The third-order valence-electron chi connectivity index (χ3n) is 5.79. The maximum Gasteiger partial charge on any atom is 0.262 e. The van der Waals surface area contributed by atoms with Crippen LogP contribution in [0.2, 0.25) is 0 Å². The summed E-state index contributed by atoms with van der Waals surface area (Å²) in [6, 6.07) is 6.02. The van der Waals surface area contributed by atoms with E-state index in [1.165, 1.54) is 15.8 Å². The smallest absolute Gasteiger partial charge is 0.262 e. The number of rotatable bonds is 4. The summed E-state index contributed by atoms with van der Waals surface area (Å²) >= 11 is 1.63. The van der Waals surface area contributed by atoms with Gasteiger partial charge in [0.1, 0.15) is 11.4 Å². The Balaban J connectivity index is 1.63. The number of hydrogen-bond acceptors (Lipinski definition) is 4. The lowest BCUT2D eigenvalue weighted by Crippen LogP contribution is -2.28. The molecule has 6 heteroatoms. The molecule has 152 valence electrons. The number of anilines is 1. The summed E-state index contributed by atoms with van der Waals surface area (Å²) in [6.45, 7) is 8.41. The first kappa shape index (κ1) is 19.8. The van der Waals surface area contributed by atoms with Crippen LogP contribution < -0.4 is 10.9 Å². The van der Waals surface area contributed by atoms with Crippen molar-refractivity contribution in [1.82, 2.24) is 9.55 Å². The molecule has 5 nitrogen and oxygen atoms in total. The zero-order valence-corrected chi connectivity index (χ0v) is 18.2. The molecule has 0 fully saturated rings. The SMILES string of the molecule is Cc1cccc(C(C)C)c1NC(=O)Cn1cnc2sc3c(c2c1=O)CC[C@H](C)C3. The Hall–Kier alpha value is -2.47. The van der Waals surface area contributed by atoms with Crippen molar-refractivity contribution >= 4 is 33.1 Å². The highest BCUT2D eigenvalue weighted by atomic mass is 32.1. The Labute approximate surface area is 174 Å². The van der Waals surface area contributed by atoms with E-state index >= 15 is 0 Å². The predicted octanol–water partition coefficient (Wildman–Crippen LogP) is 4.65. The third-order valence-corrected chi connectivity index (χ3v) is 6.95. The number of benzene rings is 1. The highest BCUT2D eigenvalue weighted by molar-refractivity contribution is 7.18. The molecular formula is C23H27N3O2S. The molecule has 1 aliphatic rings. The van der Waals surface area contributed by atoms with E-state index in [0.717, 1.165) is 46.5 Å². The zero-order chi connectivity index (χ0) is 20.7. The molecule has 1 amide bonds. The van der Waals surface area contributed by atoms with Gasteiger partial charge in [0, 0.05) is 10.6 Å². The van der Waals surface area contributed by atoms with Gasteiger partial charge in [0.05, 0.1) is 11.7 Å². The molecule has 0 saturated heterocycles. The maximum atomic E-state index is 13.1. The number of nitrogens with zero attached hydrogens (tertiary/aromatic N) is 2. The van der Waals surface area contributed by atoms with Gasteiger partial charge in [0.25, 0.3) is 5.56 Å². The van der Waals surface area contributed by atoms with Crippen LogP contribution in [0.25, 0.3) is 10.2 Å². The van der Waals surface area contributed by atoms with Gasteiger partial charge in [-0.15, -0.1) is 11.3 Å². The molecule has 4 rings (SSSR count). The fourth-order valence-corrected chi connectivity index (χ4v) is 5.50. The van der Waals surface area contributed by atoms with Crippen molar-refractivity contribution in [3.05, 3.63) is 56.4 Å². The average Bonchev–Trinajstić information content (AvgIpc) is 3.03. The topological polar surface area (TPSA) is 64.0 Å². The van der Waals surface area contributed by atoms with E-state index in [1.54, 1.807) is 11.3 Å². The summed E-state index contributed by atoms with van der Waals surface area (Å²) in [5, 5.41) is 3.74. The van der Waals surface area contributed by atoms with Crippen molar-refractivity contribution in [3.8, 4) is 0 Å². The summed E-state index contributed by atoms with van der Waals surface area (Å²) in [6.07, 6.45) is 4.54. The molecule has 0 saturated carbocycles. The number of thiophene rings is 1. The largest absolute Gasteiger partial charge is 0.324 e. The Kier molecular flexibility index (Phi) is 5.30. The lowest BCUT2D eigenvalue weighted by Gasteiger charge is -2.18. The second-order valence-electron chi connectivity index (χ2n) is 8.45. The number of carbonyl (C=O) groups excluding carboxylic acids is 1. The number of nitrogens with one attached hydrogen (secondary N) is 1. The second kappa shape index (κ2) is 7.75. The molecule has 0 radical (unpaired) electrons. The highest BCUT2D eigenvalue weighted by Crippen LogP contribution is 2.35. The van der Waals surface area contributed by atoms with Crippen LogP contribution in [0.3, 0.4) is 0 Å². The molecule has 29 heavy (non-hydrogen) atoms. The summed E-state index contributed by atoms with van der Waals surface area (Å²) in [5.41, 5.74) is 4.01. The Morgan fingerprint density at radius 2 is 2.17 bits per heavy atom. The molecule has 1 N–H and O–H groups in total. The second-order valence-corrected chi connectivity index (χ2v) is 9.54. The van der Waals surface area contributed by atoms with Gasteiger partial charge >= 0.3 is 0 Å². The van der Waals surface area contributed by atoms with Crippen LogP contribution in [-0.4, -0.2) is 15.5 Å². The number of aryl methyl sites for hydroxylation is 2. The Bertz CT molecular complexity index is 1140. The van der Waals surface area contributed by atoms with E-state index in [-0.39, 0.29) is 18.0 Å². The van der Waals surface area contributed by atoms with E-state index in [4.69, 9.17) is 0 Å². The Morgan fingerprint density at radius 3 is 2.93 bits per heavy atom. The van der Waals surface area contributed by atoms with Gasteiger partial charge in [0.15, 0.2) is 0 Å². The van der Waals surface area contributed by atoms with Crippen molar-refractivity contribution < 1.29 is 4.79 Å². The van der Waals surface area contributed by atoms with Crippen molar-refractivity contribution in [2.75, 3.05) is 5.32 Å². The molecule has 1 atom stereocenters. The molecule has 1 aliphatic carbocycles. The number of hydrogen-bond donors (Lipinski definition) is 1. The van der Waals surface area contributed by atoms with Crippen LogP contribution in [0.1, 0.15) is 54.7 Å². The fraction of sp³-hybridized carbons (Fsp3) is 0.435. The molecule has 0 aliphatic heterocycles. The lowest BCUT2D eigenvalue weighted by molar-refractivity contribution is -0.116. The number of amides is 1. The highest BCUT2D eigenvalue weighted by Gasteiger charge is 2.23. The minimum absolute atomic E-state index is 0.0331. The first-order valence-electron chi connectivity index (χ1n) is 10.2. The molecule has 0 unspecified atom stereocenters. The monoisotopic (exact) mass is 409 g/mol. The van der Waals surface area contributed by atoms with Crippen LogP contribution in [0.4, 0.5) is 5.69 Å². The Morgan fingerprint density at radius 1 is 1.38 bits per heavy atom. The first-order chi connectivity index (χ1) is 13.8. The van der Waals surface area contributed by atoms with E-state index in [0.29, 0.717) is 17.2 Å². The van der Waals surface area contributed by atoms with Crippen molar-refractivity contribution in [1.29, 1.82) is 0 Å². The maximum absolute atomic E-state index is 13.1. The quantitative estimate of drug-likeness (QED) is 0.682. The molecule has 2 heterocycles. The summed E-state index contributed by atoms with van der Waals surface area (Å²) in [5.74, 6) is 0.737. The van der Waals surface area contributed by atoms with Gasteiger partial charge in [-0.2, -0.15) is 0 Å². The van der Waals surface area contributed by atoms with Crippen LogP contribution in [0, 0.1) is 12.8 Å². The van der Waals surface area contributed by atoms with Gasteiger partial charge < -0.3 is 5.32 Å².